The number of fused-ring (bicyclic) bond motifs is 1. The second-order valence-corrected chi connectivity index (χ2v) is 3.76. The van der Waals surface area contributed by atoms with Gasteiger partial charge in [-0.1, -0.05) is 0 Å². The maximum atomic E-state index is 11.8. The zero-order chi connectivity index (χ0) is 12.6. The number of hydrogen-bond donors (Lipinski definition) is 3. The topological polar surface area (TPSA) is 105 Å². The molecule has 0 aliphatic carbocycles. The summed E-state index contributed by atoms with van der Waals surface area (Å²) in [5.41, 5.74) is 6.25. The lowest BCUT2D eigenvalue weighted by atomic mass is 10.2. The highest BCUT2D eigenvalue weighted by Crippen LogP contribution is 2.12. The Labute approximate surface area is 99.7 Å². The highest BCUT2D eigenvalue weighted by molar-refractivity contribution is 7.80. The average Bonchev–Trinajstić information content (AvgIpc) is 2.49. The van der Waals surface area contributed by atoms with Crippen LogP contribution in [0.4, 0.5) is 0 Å². The summed E-state index contributed by atoms with van der Waals surface area (Å²) < 4.78 is 0. The van der Waals surface area contributed by atoms with E-state index in [2.05, 4.69) is 22.7 Å². The Morgan fingerprint density at radius 2 is 1.94 bits per heavy atom. The predicted molar refractivity (Wildman–Crippen MR) is 66.0 cm³/mol. The normalized spacial score (nSPS) is 11.9. The van der Waals surface area contributed by atoms with E-state index in [1.165, 1.54) is 18.2 Å². The third kappa shape index (κ3) is 1.87. The third-order valence-electron chi connectivity index (χ3n) is 2.20. The van der Waals surface area contributed by atoms with Crippen LogP contribution in [-0.2, 0) is 0 Å². The van der Waals surface area contributed by atoms with Crippen LogP contribution >= 0.6 is 12.2 Å². The minimum Gasteiger partial charge on any atom is -0.508 e. The largest absolute Gasteiger partial charge is 0.508 e. The van der Waals surface area contributed by atoms with Crippen molar-refractivity contribution in [3.8, 4) is 5.75 Å². The molecule has 4 N–H and O–H groups in total. The van der Waals surface area contributed by atoms with Crippen molar-refractivity contribution in [2.45, 2.75) is 0 Å². The molecule has 0 bridgehead atoms. The summed E-state index contributed by atoms with van der Waals surface area (Å²) >= 11 is 4.51. The van der Waals surface area contributed by atoms with Gasteiger partial charge in [0.25, 0.3) is 0 Å². The van der Waals surface area contributed by atoms with E-state index in [0.29, 0.717) is 0 Å². The Morgan fingerprint density at radius 3 is 2.59 bits per heavy atom. The van der Waals surface area contributed by atoms with Gasteiger partial charge in [0.15, 0.2) is 10.5 Å². The fourth-order valence-corrected chi connectivity index (χ4v) is 1.53. The molecule has 2 aromatic rings. The summed E-state index contributed by atoms with van der Waals surface area (Å²) in [6.45, 7) is 0. The number of phenols is 1. The molecule has 0 saturated heterocycles. The molecule has 6 nitrogen and oxygen atoms in total. The number of nitrogens with two attached hydrogens (primary N) is 1. The predicted octanol–water partition coefficient (Wildman–Crippen LogP) is -1.21. The summed E-state index contributed by atoms with van der Waals surface area (Å²) in [6.07, 6.45) is 0. The van der Waals surface area contributed by atoms with Crippen LogP contribution in [0.15, 0.2) is 32.9 Å². The Kier molecular flexibility index (Phi) is 2.60. The molecule has 0 aliphatic heterocycles. The van der Waals surface area contributed by atoms with Gasteiger partial charge in [-0.2, -0.15) is 5.10 Å². The lowest BCUT2D eigenvalue weighted by Gasteiger charge is -1.89. The SMILES string of the molecule is NC(=S)NN=c1c(=O)c2ccc(O)cc2c1=O. The van der Waals surface area contributed by atoms with Gasteiger partial charge in [0.2, 0.25) is 10.9 Å². The van der Waals surface area contributed by atoms with E-state index >= 15 is 0 Å². The van der Waals surface area contributed by atoms with Gasteiger partial charge in [0.05, 0.1) is 0 Å². The molecule has 0 atom stereocenters. The smallest absolute Gasteiger partial charge is 0.218 e. The molecule has 0 spiro atoms. The Bertz CT molecular complexity index is 759. The Balaban J connectivity index is 2.83. The van der Waals surface area contributed by atoms with E-state index in [9.17, 15) is 14.7 Å². The highest BCUT2D eigenvalue weighted by atomic mass is 32.1. The van der Waals surface area contributed by atoms with Crippen LogP contribution in [0.2, 0.25) is 0 Å². The van der Waals surface area contributed by atoms with E-state index < -0.39 is 10.9 Å². The van der Waals surface area contributed by atoms with Crippen molar-refractivity contribution in [3.63, 3.8) is 0 Å². The molecular formula is C10H7N3O3S. The fraction of sp³-hybridized carbons (Fsp3) is 0. The van der Waals surface area contributed by atoms with Crippen LogP contribution in [0, 0.1) is 0 Å². The van der Waals surface area contributed by atoms with Crippen molar-refractivity contribution in [2.24, 2.45) is 10.8 Å². The molecule has 0 saturated carbocycles. The molecule has 0 amide bonds. The second kappa shape index (κ2) is 3.95. The molecule has 0 unspecified atom stereocenters. The van der Waals surface area contributed by atoms with E-state index in [1.807, 2.05) is 0 Å². The monoisotopic (exact) mass is 249 g/mol. The zero-order valence-corrected chi connectivity index (χ0v) is 9.25. The summed E-state index contributed by atoms with van der Waals surface area (Å²) in [5, 5.41) is 12.7. The molecule has 2 aromatic carbocycles. The van der Waals surface area contributed by atoms with Crippen molar-refractivity contribution < 1.29 is 5.11 Å². The van der Waals surface area contributed by atoms with Crippen molar-refractivity contribution >= 4 is 28.1 Å². The number of nitrogens with zero attached hydrogens (tertiary/aromatic N) is 1. The molecule has 2 rings (SSSR count). The number of hydrogen-bond acceptors (Lipinski definition) is 5. The van der Waals surface area contributed by atoms with Gasteiger partial charge in [-0.05, 0) is 30.4 Å². The highest BCUT2D eigenvalue weighted by Gasteiger charge is 2.11. The van der Waals surface area contributed by atoms with Crippen LogP contribution in [0.1, 0.15) is 0 Å². The molecule has 86 valence electrons. The molecule has 0 radical (unpaired) electrons. The van der Waals surface area contributed by atoms with Gasteiger partial charge in [0.1, 0.15) is 5.75 Å². The average molecular weight is 249 g/mol. The summed E-state index contributed by atoms with van der Waals surface area (Å²) in [5.74, 6) is -0.0894. The minimum absolute atomic E-state index is 0.0894. The Hall–Kier alpha value is -2.28. The number of aromatic hydroxyl groups is 1. The lowest BCUT2D eigenvalue weighted by molar-refractivity contribution is 0.476. The van der Waals surface area contributed by atoms with Crippen molar-refractivity contribution in [1.29, 1.82) is 0 Å². The first-order valence-electron chi connectivity index (χ1n) is 4.56. The summed E-state index contributed by atoms with van der Waals surface area (Å²) in [6, 6.07) is 3.92. The van der Waals surface area contributed by atoms with Crippen molar-refractivity contribution in [1.82, 2.24) is 5.43 Å². The molecule has 17 heavy (non-hydrogen) atoms. The van der Waals surface area contributed by atoms with Gasteiger partial charge in [-0.25, -0.2) is 0 Å². The second-order valence-electron chi connectivity index (χ2n) is 3.32. The van der Waals surface area contributed by atoms with E-state index in [4.69, 9.17) is 5.73 Å². The maximum absolute atomic E-state index is 11.8. The first-order chi connectivity index (χ1) is 8.00. The first kappa shape index (κ1) is 11.2. The van der Waals surface area contributed by atoms with Crippen LogP contribution in [0.25, 0.3) is 10.8 Å². The maximum Gasteiger partial charge on any atom is 0.218 e. The van der Waals surface area contributed by atoms with Crippen LogP contribution in [0.3, 0.4) is 0 Å². The molecule has 0 aliphatic rings. The molecule has 0 fully saturated rings. The van der Waals surface area contributed by atoms with E-state index in [0.717, 1.165) is 0 Å². The van der Waals surface area contributed by atoms with Gasteiger partial charge in [-0.15, -0.1) is 0 Å². The number of rotatable bonds is 1. The first-order valence-corrected chi connectivity index (χ1v) is 4.97. The van der Waals surface area contributed by atoms with Crippen LogP contribution < -0.4 is 27.4 Å². The van der Waals surface area contributed by atoms with Gasteiger partial charge in [0, 0.05) is 10.8 Å². The number of thiocarbonyl (C=S) groups is 1. The Morgan fingerprint density at radius 1 is 1.29 bits per heavy atom. The standard InChI is InChI=1S/C10H7N3O3S/c11-10(17)13-12-7-8(15)5-2-1-4(14)3-6(5)9(7)16/h1-3,14H,(H3,11,13,17). The molecular weight excluding hydrogens is 242 g/mol. The van der Waals surface area contributed by atoms with Crippen LogP contribution in [0.5, 0.6) is 5.75 Å². The number of benzene rings is 1. The molecule has 0 aromatic heterocycles. The van der Waals surface area contributed by atoms with Crippen molar-refractivity contribution in [3.05, 3.63) is 44.0 Å². The minimum atomic E-state index is -0.565. The van der Waals surface area contributed by atoms with Gasteiger partial charge >= 0.3 is 0 Å². The number of nitrogens with one attached hydrogen (secondary N) is 1. The van der Waals surface area contributed by atoms with Gasteiger partial charge < -0.3 is 10.8 Å². The summed E-state index contributed by atoms with van der Waals surface area (Å²) in [4.78, 5) is 23.6. The van der Waals surface area contributed by atoms with Gasteiger partial charge in [-0.3, -0.25) is 15.0 Å². The zero-order valence-electron chi connectivity index (χ0n) is 8.43. The molecule has 7 heteroatoms. The van der Waals surface area contributed by atoms with E-state index in [1.54, 1.807) is 0 Å². The third-order valence-corrected chi connectivity index (χ3v) is 2.29. The van der Waals surface area contributed by atoms with Crippen LogP contribution in [-0.4, -0.2) is 10.2 Å². The van der Waals surface area contributed by atoms with E-state index in [-0.39, 0.29) is 27.0 Å². The molecule has 0 heterocycles. The quantitative estimate of drug-likeness (QED) is 0.432. The summed E-state index contributed by atoms with van der Waals surface area (Å²) in [7, 11) is 0. The lowest BCUT2D eigenvalue weighted by Crippen LogP contribution is -2.37. The fourth-order valence-electron chi connectivity index (χ4n) is 1.49. The van der Waals surface area contributed by atoms with Crippen molar-refractivity contribution in [2.75, 3.05) is 0 Å². The number of phenolic OH excluding ortho intramolecular Hbond substituents is 1.